The van der Waals surface area contributed by atoms with Gasteiger partial charge in [0.1, 0.15) is 15.7 Å². The number of nitrogens with one attached hydrogen (secondary N) is 1. The maximum absolute atomic E-state index is 11.4. The van der Waals surface area contributed by atoms with Crippen molar-refractivity contribution in [2.24, 2.45) is 0 Å². The van der Waals surface area contributed by atoms with Crippen LogP contribution < -0.4 is 5.32 Å². The van der Waals surface area contributed by atoms with Gasteiger partial charge in [-0.3, -0.25) is 9.59 Å². The highest BCUT2D eigenvalue weighted by molar-refractivity contribution is 7.10. The average Bonchev–Trinajstić information content (AvgIpc) is 2.98. The van der Waals surface area contributed by atoms with Crippen molar-refractivity contribution in [1.29, 1.82) is 0 Å². The highest BCUT2D eigenvalue weighted by atomic mass is 35.5. The maximum Gasteiger partial charge on any atom is 0.226 e. The zero-order valence-electron chi connectivity index (χ0n) is 12.4. The monoisotopic (exact) mass is 341 g/mol. The lowest BCUT2D eigenvalue weighted by Gasteiger charge is -2.45. The first-order chi connectivity index (χ1) is 10.6. The molecule has 0 aliphatic carbocycles. The van der Waals surface area contributed by atoms with E-state index in [9.17, 15) is 9.59 Å². The fraction of sp³-hybridized carbons (Fsp3) is 0.667. The molecule has 0 aromatic carbocycles. The van der Waals surface area contributed by atoms with Crippen molar-refractivity contribution in [3.8, 4) is 0 Å². The van der Waals surface area contributed by atoms with Crippen LogP contribution in [0.4, 0.5) is 0 Å². The van der Waals surface area contributed by atoms with Crippen molar-refractivity contribution in [3.05, 3.63) is 15.5 Å². The fourth-order valence-electron chi connectivity index (χ4n) is 3.35. The molecular weight excluding hydrogens is 322 g/mol. The number of carbonyl (C=O) groups excluding carboxylic acids is 2. The van der Waals surface area contributed by atoms with Crippen LogP contribution in [0, 0.1) is 0 Å². The predicted octanol–water partition coefficient (Wildman–Crippen LogP) is 2.69. The Morgan fingerprint density at radius 2 is 2.14 bits per heavy atom. The largest absolute Gasteiger partial charge is 0.356 e. The minimum Gasteiger partial charge on any atom is -0.356 e. The minimum atomic E-state index is -0.0745. The van der Waals surface area contributed by atoms with Crippen LogP contribution in [0.25, 0.3) is 0 Å². The van der Waals surface area contributed by atoms with Crippen LogP contribution in [0.15, 0.2) is 5.38 Å². The third-order valence-electron chi connectivity index (χ3n) is 4.51. The van der Waals surface area contributed by atoms with Crippen molar-refractivity contribution in [2.45, 2.75) is 50.5 Å². The van der Waals surface area contributed by atoms with Gasteiger partial charge in [0, 0.05) is 24.9 Å². The summed E-state index contributed by atoms with van der Waals surface area (Å²) in [5, 5.41) is 6.20. The lowest BCUT2D eigenvalue weighted by atomic mass is 9.85. The molecule has 1 aromatic heterocycles. The van der Waals surface area contributed by atoms with Crippen LogP contribution >= 0.6 is 22.9 Å². The van der Waals surface area contributed by atoms with Crippen LogP contribution in [-0.2, 0) is 15.1 Å². The van der Waals surface area contributed by atoms with Crippen molar-refractivity contribution in [3.63, 3.8) is 0 Å². The molecule has 0 bridgehead atoms. The van der Waals surface area contributed by atoms with Gasteiger partial charge in [0.15, 0.2) is 0 Å². The van der Waals surface area contributed by atoms with E-state index in [1.54, 1.807) is 11.3 Å². The topological polar surface area (TPSA) is 62.3 Å². The van der Waals surface area contributed by atoms with Crippen molar-refractivity contribution in [2.75, 3.05) is 13.1 Å². The third kappa shape index (κ3) is 2.99. The normalized spacial score (nSPS) is 27.2. The van der Waals surface area contributed by atoms with Gasteiger partial charge in [-0.25, -0.2) is 4.98 Å². The highest BCUT2D eigenvalue weighted by Crippen LogP contribution is 2.50. The molecule has 0 spiro atoms. The smallest absolute Gasteiger partial charge is 0.226 e. The van der Waals surface area contributed by atoms with E-state index < -0.39 is 0 Å². The molecule has 2 amide bonds. The molecule has 1 unspecified atom stereocenters. The Kier molecular flexibility index (Phi) is 4.68. The van der Waals surface area contributed by atoms with Crippen molar-refractivity contribution in [1.82, 2.24) is 15.2 Å². The van der Waals surface area contributed by atoms with Crippen LogP contribution in [-0.4, -0.2) is 34.8 Å². The molecule has 0 radical (unpaired) electrons. The number of thiazole rings is 1. The molecule has 7 heteroatoms. The number of hydrogen-bond acceptors (Lipinski definition) is 4. The number of hydrogen-bond donors (Lipinski definition) is 1. The fourth-order valence-corrected chi connectivity index (χ4v) is 4.53. The van der Waals surface area contributed by atoms with Gasteiger partial charge < -0.3 is 10.2 Å². The van der Waals surface area contributed by atoms with Gasteiger partial charge in [-0.15, -0.1) is 11.3 Å². The lowest BCUT2D eigenvalue weighted by Crippen LogP contribution is -2.57. The number of halogens is 1. The standard InChI is InChI=1S/C9H9ClN2OS.C6H11NO/c10-6-5-14-8(11-6)9-2-1-3-12(9)7(13)4-9;8-6-4-2-1-3-5-7-6/h5H,1-4H2;1-5H2,(H,7,8). The summed E-state index contributed by atoms with van der Waals surface area (Å²) in [6, 6.07) is 0. The molecule has 4 heterocycles. The second kappa shape index (κ2) is 6.54. The van der Waals surface area contributed by atoms with Gasteiger partial charge in [0.05, 0.1) is 6.42 Å². The van der Waals surface area contributed by atoms with Gasteiger partial charge >= 0.3 is 0 Å². The van der Waals surface area contributed by atoms with E-state index in [1.165, 1.54) is 6.42 Å². The molecule has 22 heavy (non-hydrogen) atoms. The number of amides is 2. The summed E-state index contributed by atoms with van der Waals surface area (Å²) in [7, 11) is 0. The first-order valence-electron chi connectivity index (χ1n) is 7.80. The molecule has 1 aromatic rings. The van der Waals surface area contributed by atoms with Crippen molar-refractivity contribution < 1.29 is 9.59 Å². The molecule has 3 aliphatic heterocycles. The summed E-state index contributed by atoms with van der Waals surface area (Å²) in [6.07, 6.45) is 6.93. The average molecular weight is 342 g/mol. The molecule has 1 atom stereocenters. The van der Waals surface area contributed by atoms with Crippen LogP contribution in [0.3, 0.4) is 0 Å². The van der Waals surface area contributed by atoms with Crippen LogP contribution in [0.1, 0.15) is 50.0 Å². The lowest BCUT2D eigenvalue weighted by molar-refractivity contribution is -0.153. The second-order valence-corrected chi connectivity index (χ2v) is 7.24. The third-order valence-corrected chi connectivity index (χ3v) is 5.87. The first kappa shape index (κ1) is 15.7. The van der Waals surface area contributed by atoms with Gasteiger partial charge in [0.25, 0.3) is 0 Å². The number of fused-ring (bicyclic) bond motifs is 1. The Balaban J connectivity index is 0.000000154. The van der Waals surface area contributed by atoms with Gasteiger partial charge in [0.2, 0.25) is 11.8 Å². The highest BCUT2D eigenvalue weighted by Gasteiger charge is 2.56. The van der Waals surface area contributed by atoms with Gasteiger partial charge in [-0.1, -0.05) is 18.0 Å². The van der Waals surface area contributed by atoms with E-state index in [0.717, 1.165) is 50.2 Å². The molecular formula is C15H20ClN3O2S. The van der Waals surface area contributed by atoms with Crippen LogP contribution in [0.2, 0.25) is 5.15 Å². The summed E-state index contributed by atoms with van der Waals surface area (Å²) < 4.78 is 0. The van der Waals surface area contributed by atoms with Crippen LogP contribution in [0.5, 0.6) is 0 Å². The van der Waals surface area contributed by atoms with E-state index in [-0.39, 0.29) is 17.4 Å². The molecule has 3 saturated heterocycles. The number of rotatable bonds is 1. The van der Waals surface area contributed by atoms with E-state index in [0.29, 0.717) is 11.6 Å². The predicted molar refractivity (Wildman–Crippen MR) is 85.8 cm³/mol. The van der Waals surface area contributed by atoms with Crippen molar-refractivity contribution >= 4 is 34.8 Å². The summed E-state index contributed by atoms with van der Waals surface area (Å²) in [6.45, 7) is 1.77. The molecule has 1 N–H and O–H groups in total. The molecule has 120 valence electrons. The Labute approximate surface area is 139 Å². The van der Waals surface area contributed by atoms with E-state index in [2.05, 4.69) is 10.3 Å². The SMILES string of the molecule is O=C1CC2(c3nc(Cl)cs3)CCCN12.O=C1CCCCCN1. The molecule has 3 aliphatic rings. The second-order valence-electron chi connectivity index (χ2n) is 5.99. The number of aromatic nitrogens is 1. The Bertz CT molecular complexity index is 567. The van der Waals surface area contributed by atoms with E-state index >= 15 is 0 Å². The molecule has 0 saturated carbocycles. The molecule has 3 fully saturated rings. The number of nitrogens with zero attached hydrogens (tertiary/aromatic N) is 2. The number of carbonyl (C=O) groups is 2. The Morgan fingerprint density at radius 3 is 2.86 bits per heavy atom. The van der Waals surface area contributed by atoms with Gasteiger partial charge in [-0.05, 0) is 25.7 Å². The van der Waals surface area contributed by atoms with E-state index in [1.807, 2.05) is 10.3 Å². The Hall–Kier alpha value is -1.14. The molecule has 4 rings (SSSR count). The zero-order chi connectivity index (χ0) is 15.6. The minimum absolute atomic E-state index is 0.0745. The number of β-lactam (4-membered cyclic amide) rings is 1. The maximum atomic E-state index is 11.4. The quantitative estimate of drug-likeness (QED) is 0.799. The summed E-state index contributed by atoms with van der Waals surface area (Å²) in [4.78, 5) is 28.2. The van der Waals surface area contributed by atoms with E-state index in [4.69, 9.17) is 11.6 Å². The first-order valence-corrected chi connectivity index (χ1v) is 9.06. The van der Waals surface area contributed by atoms with Gasteiger partial charge in [-0.2, -0.15) is 0 Å². The summed E-state index contributed by atoms with van der Waals surface area (Å²) in [5.41, 5.74) is -0.0745. The zero-order valence-corrected chi connectivity index (χ0v) is 14.0. The molecule has 5 nitrogen and oxygen atoms in total. The summed E-state index contributed by atoms with van der Waals surface area (Å²) in [5.74, 6) is 0.483. The Morgan fingerprint density at radius 1 is 1.27 bits per heavy atom. The summed E-state index contributed by atoms with van der Waals surface area (Å²) >= 11 is 7.37.